The molecular formula is C13H22ClNO. The first-order valence-corrected chi connectivity index (χ1v) is 7.05. The highest BCUT2D eigenvalue weighted by Crippen LogP contribution is 2.42. The number of carbonyl (C=O) groups is 1. The van der Waals surface area contributed by atoms with Crippen molar-refractivity contribution in [1.82, 2.24) is 4.90 Å². The Morgan fingerprint density at radius 1 is 1.31 bits per heavy atom. The second-order valence-electron chi connectivity index (χ2n) is 5.31. The normalized spacial score (nSPS) is 26.0. The van der Waals surface area contributed by atoms with Gasteiger partial charge in [0.1, 0.15) is 0 Å². The minimum atomic E-state index is -0.0147. The van der Waals surface area contributed by atoms with E-state index in [0.29, 0.717) is 5.91 Å². The molecule has 2 rings (SSSR count). The highest BCUT2D eigenvalue weighted by molar-refractivity contribution is 6.20. The highest BCUT2D eigenvalue weighted by atomic mass is 35.5. The van der Waals surface area contributed by atoms with E-state index in [9.17, 15) is 4.79 Å². The molecule has 0 radical (unpaired) electrons. The van der Waals surface area contributed by atoms with E-state index in [1.165, 1.54) is 12.8 Å². The van der Waals surface area contributed by atoms with Crippen LogP contribution in [0.1, 0.15) is 51.9 Å². The fourth-order valence-corrected chi connectivity index (χ4v) is 3.35. The van der Waals surface area contributed by atoms with E-state index < -0.39 is 0 Å². The van der Waals surface area contributed by atoms with Crippen molar-refractivity contribution in [2.45, 2.75) is 57.2 Å². The van der Waals surface area contributed by atoms with Gasteiger partial charge in [-0.2, -0.15) is 0 Å². The number of hydrogen-bond acceptors (Lipinski definition) is 1. The average molecular weight is 244 g/mol. The molecule has 0 N–H and O–H groups in total. The van der Waals surface area contributed by atoms with Crippen LogP contribution in [0.15, 0.2) is 0 Å². The van der Waals surface area contributed by atoms with Gasteiger partial charge in [-0.1, -0.05) is 19.8 Å². The van der Waals surface area contributed by atoms with Crippen LogP contribution in [0, 0.1) is 5.41 Å². The number of amides is 1. The molecule has 2 nitrogen and oxygen atoms in total. The first-order chi connectivity index (χ1) is 7.68. The van der Waals surface area contributed by atoms with Gasteiger partial charge in [-0.05, 0) is 32.1 Å². The zero-order valence-electron chi connectivity index (χ0n) is 10.2. The lowest BCUT2D eigenvalue weighted by Gasteiger charge is -2.37. The van der Waals surface area contributed by atoms with Gasteiger partial charge in [0.25, 0.3) is 0 Å². The van der Waals surface area contributed by atoms with Crippen LogP contribution in [0.25, 0.3) is 0 Å². The van der Waals surface area contributed by atoms with Crippen LogP contribution in [-0.4, -0.2) is 29.3 Å². The lowest BCUT2D eigenvalue weighted by Crippen LogP contribution is -2.46. The molecule has 0 unspecified atom stereocenters. The van der Waals surface area contributed by atoms with Crippen molar-refractivity contribution in [3.8, 4) is 0 Å². The fraction of sp³-hybridized carbons (Fsp3) is 0.923. The zero-order valence-corrected chi connectivity index (χ0v) is 10.9. The second-order valence-corrected chi connectivity index (χ2v) is 5.93. The van der Waals surface area contributed by atoms with Crippen molar-refractivity contribution in [3.63, 3.8) is 0 Å². The van der Waals surface area contributed by atoms with Crippen LogP contribution in [0.2, 0.25) is 0 Å². The number of halogens is 1. The summed E-state index contributed by atoms with van der Waals surface area (Å²) < 4.78 is 0. The van der Waals surface area contributed by atoms with Crippen LogP contribution in [0.4, 0.5) is 0 Å². The summed E-state index contributed by atoms with van der Waals surface area (Å²) in [4.78, 5) is 14.6. The van der Waals surface area contributed by atoms with Gasteiger partial charge in [0, 0.05) is 23.9 Å². The van der Waals surface area contributed by atoms with Crippen LogP contribution in [-0.2, 0) is 4.79 Å². The van der Waals surface area contributed by atoms with Gasteiger partial charge >= 0.3 is 0 Å². The van der Waals surface area contributed by atoms with Crippen molar-refractivity contribution >= 4 is 17.5 Å². The van der Waals surface area contributed by atoms with Crippen molar-refractivity contribution in [2.75, 3.05) is 13.1 Å². The SMILES string of the molecule is CCC1(C(=O)N2CCC(Cl)CC2)CCCC1. The van der Waals surface area contributed by atoms with Crippen molar-refractivity contribution in [2.24, 2.45) is 5.41 Å². The molecule has 1 aliphatic heterocycles. The molecule has 1 aliphatic carbocycles. The summed E-state index contributed by atoms with van der Waals surface area (Å²) in [7, 11) is 0. The summed E-state index contributed by atoms with van der Waals surface area (Å²) in [6, 6.07) is 0. The second kappa shape index (κ2) is 4.95. The topological polar surface area (TPSA) is 20.3 Å². The zero-order chi connectivity index (χ0) is 11.6. The number of likely N-dealkylation sites (tertiary alicyclic amines) is 1. The van der Waals surface area contributed by atoms with E-state index >= 15 is 0 Å². The molecule has 0 aromatic heterocycles. The van der Waals surface area contributed by atoms with E-state index in [0.717, 1.165) is 45.2 Å². The maximum Gasteiger partial charge on any atom is 0.228 e. The predicted molar refractivity (Wildman–Crippen MR) is 66.6 cm³/mol. The Labute approximate surface area is 103 Å². The standard InChI is InChI=1S/C13H22ClNO/c1-2-13(7-3-4-8-13)12(16)15-9-5-11(14)6-10-15/h11H,2-10H2,1H3. The van der Waals surface area contributed by atoms with Crippen LogP contribution in [0.3, 0.4) is 0 Å². The molecule has 92 valence electrons. The van der Waals surface area contributed by atoms with Crippen LogP contribution >= 0.6 is 11.6 Å². The fourth-order valence-electron chi connectivity index (χ4n) is 3.16. The Hall–Kier alpha value is -0.240. The molecule has 0 bridgehead atoms. The maximum atomic E-state index is 12.5. The minimum Gasteiger partial charge on any atom is -0.342 e. The number of alkyl halides is 1. The molecule has 1 heterocycles. The van der Waals surface area contributed by atoms with Gasteiger partial charge in [-0.3, -0.25) is 4.79 Å². The van der Waals surface area contributed by atoms with Gasteiger partial charge in [0.15, 0.2) is 0 Å². The molecule has 0 atom stereocenters. The Balaban J connectivity index is 2.00. The summed E-state index contributed by atoms with van der Waals surface area (Å²) in [5.74, 6) is 0.413. The molecule has 1 amide bonds. The molecular weight excluding hydrogens is 222 g/mol. The van der Waals surface area contributed by atoms with Crippen molar-refractivity contribution < 1.29 is 4.79 Å². The molecule has 2 aliphatic rings. The van der Waals surface area contributed by atoms with Crippen molar-refractivity contribution in [1.29, 1.82) is 0 Å². The quantitative estimate of drug-likeness (QED) is 0.683. The lowest BCUT2D eigenvalue weighted by atomic mass is 9.81. The minimum absolute atomic E-state index is 0.0147. The average Bonchev–Trinajstić information content (AvgIpc) is 2.79. The number of hydrogen-bond donors (Lipinski definition) is 0. The van der Waals surface area contributed by atoms with Crippen molar-refractivity contribution in [3.05, 3.63) is 0 Å². The van der Waals surface area contributed by atoms with Gasteiger partial charge in [0.2, 0.25) is 5.91 Å². The lowest BCUT2D eigenvalue weighted by molar-refractivity contribution is -0.143. The van der Waals surface area contributed by atoms with Gasteiger partial charge in [0.05, 0.1) is 0 Å². The third-order valence-electron chi connectivity index (χ3n) is 4.40. The summed E-state index contributed by atoms with van der Waals surface area (Å²) in [5.41, 5.74) is -0.0147. The molecule has 1 saturated carbocycles. The third kappa shape index (κ3) is 2.22. The highest BCUT2D eigenvalue weighted by Gasteiger charge is 2.42. The number of piperidine rings is 1. The van der Waals surface area contributed by atoms with Gasteiger partial charge < -0.3 is 4.90 Å². The molecule has 0 aromatic rings. The number of rotatable bonds is 2. The number of nitrogens with zero attached hydrogens (tertiary/aromatic N) is 1. The summed E-state index contributed by atoms with van der Waals surface area (Å²) in [5, 5.41) is 0.283. The Bertz CT molecular complexity index is 253. The predicted octanol–water partition coefficient (Wildman–Crippen LogP) is 3.19. The van der Waals surface area contributed by atoms with E-state index in [4.69, 9.17) is 11.6 Å². The van der Waals surface area contributed by atoms with E-state index in [1.807, 2.05) is 0 Å². The largest absolute Gasteiger partial charge is 0.342 e. The Kier molecular flexibility index (Phi) is 3.78. The first-order valence-electron chi connectivity index (χ1n) is 6.61. The van der Waals surface area contributed by atoms with E-state index in [2.05, 4.69) is 11.8 Å². The van der Waals surface area contributed by atoms with E-state index in [-0.39, 0.29) is 10.8 Å². The Morgan fingerprint density at radius 2 is 1.88 bits per heavy atom. The van der Waals surface area contributed by atoms with Gasteiger partial charge in [-0.15, -0.1) is 11.6 Å². The van der Waals surface area contributed by atoms with E-state index in [1.54, 1.807) is 0 Å². The maximum absolute atomic E-state index is 12.5. The monoisotopic (exact) mass is 243 g/mol. The number of carbonyl (C=O) groups excluding carboxylic acids is 1. The van der Waals surface area contributed by atoms with Crippen LogP contribution in [0.5, 0.6) is 0 Å². The first kappa shape index (κ1) is 12.2. The molecule has 16 heavy (non-hydrogen) atoms. The summed E-state index contributed by atoms with van der Waals surface area (Å²) in [6.07, 6.45) is 7.59. The smallest absolute Gasteiger partial charge is 0.228 e. The van der Waals surface area contributed by atoms with Crippen LogP contribution < -0.4 is 0 Å². The molecule has 3 heteroatoms. The molecule has 0 spiro atoms. The third-order valence-corrected chi connectivity index (χ3v) is 4.84. The summed E-state index contributed by atoms with van der Waals surface area (Å²) >= 11 is 6.08. The summed E-state index contributed by atoms with van der Waals surface area (Å²) in [6.45, 7) is 3.90. The molecule has 1 saturated heterocycles. The molecule has 0 aromatic carbocycles. The van der Waals surface area contributed by atoms with Gasteiger partial charge in [-0.25, -0.2) is 0 Å². The molecule has 2 fully saturated rings. The Morgan fingerprint density at radius 3 is 2.38 bits per heavy atom.